The van der Waals surface area contributed by atoms with Crippen molar-refractivity contribution < 1.29 is 9.20 Å². The minimum absolute atomic E-state index is 0.758. The third kappa shape index (κ3) is 1.58. The highest BCUT2D eigenvalue weighted by molar-refractivity contribution is 5.70. The molecule has 0 aliphatic carbocycles. The second kappa shape index (κ2) is 3.66. The molecule has 0 fully saturated rings. The van der Waals surface area contributed by atoms with Crippen LogP contribution in [-0.4, -0.2) is 10.1 Å². The number of aryl methyl sites for hydroxylation is 2. The standard InChI is InChI=1S/C13H12N3O/c1-9-8-10(2)16-13(14-9)12(15-17-16)11-6-4-3-5-7-11/h3-8H,1-2H3/q+1. The van der Waals surface area contributed by atoms with E-state index in [-0.39, 0.29) is 0 Å². The van der Waals surface area contributed by atoms with Crippen molar-refractivity contribution in [1.82, 2.24) is 10.1 Å². The first-order valence-electron chi connectivity index (χ1n) is 5.47. The maximum absolute atomic E-state index is 5.29. The zero-order valence-electron chi connectivity index (χ0n) is 9.71. The van der Waals surface area contributed by atoms with Crippen molar-refractivity contribution in [3.05, 3.63) is 47.8 Å². The van der Waals surface area contributed by atoms with Crippen molar-refractivity contribution in [3.8, 4) is 11.3 Å². The second-order valence-electron chi connectivity index (χ2n) is 4.04. The lowest BCUT2D eigenvalue weighted by Crippen LogP contribution is -2.24. The highest BCUT2D eigenvalue weighted by atomic mass is 16.6. The van der Waals surface area contributed by atoms with E-state index < -0.39 is 0 Å². The lowest BCUT2D eigenvalue weighted by molar-refractivity contribution is -0.735. The first-order chi connectivity index (χ1) is 8.25. The quantitative estimate of drug-likeness (QED) is 0.597. The first-order valence-corrected chi connectivity index (χ1v) is 5.47. The molecule has 0 unspecified atom stereocenters. The topological polar surface area (TPSA) is 43.0 Å². The molecule has 3 rings (SSSR count). The molecule has 2 heterocycles. The third-order valence-corrected chi connectivity index (χ3v) is 2.69. The predicted molar refractivity (Wildman–Crippen MR) is 62.4 cm³/mol. The summed E-state index contributed by atoms with van der Waals surface area (Å²) in [6, 6.07) is 11.9. The Kier molecular flexibility index (Phi) is 2.14. The first kappa shape index (κ1) is 9.96. The summed E-state index contributed by atoms with van der Waals surface area (Å²) in [5.74, 6) is 0. The smallest absolute Gasteiger partial charge is 0.134 e. The van der Waals surface area contributed by atoms with Gasteiger partial charge in [0, 0.05) is 11.6 Å². The van der Waals surface area contributed by atoms with Crippen LogP contribution in [0.5, 0.6) is 0 Å². The monoisotopic (exact) mass is 226 g/mol. The minimum Gasteiger partial charge on any atom is -0.134 e. The van der Waals surface area contributed by atoms with E-state index >= 15 is 0 Å². The van der Waals surface area contributed by atoms with Gasteiger partial charge in [-0.2, -0.15) is 0 Å². The fourth-order valence-corrected chi connectivity index (χ4v) is 1.93. The molecule has 0 bridgehead atoms. The van der Waals surface area contributed by atoms with Gasteiger partial charge in [-0.15, -0.1) is 9.61 Å². The molecule has 4 nitrogen and oxygen atoms in total. The summed E-state index contributed by atoms with van der Waals surface area (Å²) in [7, 11) is 0. The summed E-state index contributed by atoms with van der Waals surface area (Å²) in [5, 5.41) is 4.09. The molecular formula is C13H12N3O+. The van der Waals surface area contributed by atoms with Gasteiger partial charge in [0.1, 0.15) is 11.4 Å². The van der Waals surface area contributed by atoms with Crippen molar-refractivity contribution in [1.29, 1.82) is 0 Å². The van der Waals surface area contributed by atoms with Gasteiger partial charge in [-0.3, -0.25) is 0 Å². The van der Waals surface area contributed by atoms with Gasteiger partial charge in [0.05, 0.1) is 5.16 Å². The molecule has 0 spiro atoms. The van der Waals surface area contributed by atoms with Crippen molar-refractivity contribution in [2.24, 2.45) is 0 Å². The van der Waals surface area contributed by atoms with Gasteiger partial charge in [-0.1, -0.05) is 30.3 Å². The van der Waals surface area contributed by atoms with E-state index in [9.17, 15) is 0 Å². The van der Waals surface area contributed by atoms with Crippen LogP contribution in [0, 0.1) is 13.8 Å². The van der Waals surface area contributed by atoms with E-state index in [4.69, 9.17) is 4.63 Å². The molecule has 3 aromatic rings. The SMILES string of the molecule is Cc1cc(C)[n+]2onc(-c3ccccc3)c2n1. The van der Waals surface area contributed by atoms with Crippen molar-refractivity contribution in [3.63, 3.8) is 0 Å². The van der Waals surface area contributed by atoms with Gasteiger partial charge in [-0.25, -0.2) is 0 Å². The van der Waals surface area contributed by atoms with E-state index in [0.29, 0.717) is 0 Å². The van der Waals surface area contributed by atoms with Gasteiger partial charge in [0.15, 0.2) is 0 Å². The molecule has 0 radical (unpaired) electrons. The molecule has 1 aromatic carbocycles. The normalized spacial score (nSPS) is 10.9. The number of hydrogen-bond acceptors (Lipinski definition) is 3. The maximum atomic E-state index is 5.29. The van der Waals surface area contributed by atoms with E-state index in [1.807, 2.05) is 50.2 Å². The Hall–Kier alpha value is -2.23. The largest absolute Gasteiger partial charge is 0.349 e. The molecule has 0 saturated carbocycles. The third-order valence-electron chi connectivity index (χ3n) is 2.69. The van der Waals surface area contributed by atoms with Crippen LogP contribution in [0.3, 0.4) is 0 Å². The predicted octanol–water partition coefficient (Wildman–Crippen LogP) is 2.09. The number of hydrogen-bond donors (Lipinski definition) is 0. The number of aromatic nitrogens is 3. The van der Waals surface area contributed by atoms with Gasteiger partial charge in [-0.05, 0) is 18.4 Å². The van der Waals surface area contributed by atoms with Gasteiger partial charge in [0.25, 0.3) is 5.69 Å². The van der Waals surface area contributed by atoms with Crippen LogP contribution in [0.25, 0.3) is 16.9 Å². The Morgan fingerprint density at radius 2 is 1.88 bits per heavy atom. The summed E-state index contributed by atoms with van der Waals surface area (Å²) in [6.45, 7) is 3.94. The number of rotatable bonds is 1. The number of benzene rings is 1. The zero-order chi connectivity index (χ0) is 11.8. The maximum Gasteiger partial charge on any atom is 0.349 e. The number of fused-ring (bicyclic) bond motifs is 1. The highest BCUT2D eigenvalue weighted by Crippen LogP contribution is 2.19. The van der Waals surface area contributed by atoms with Crippen LogP contribution in [-0.2, 0) is 0 Å². The van der Waals surface area contributed by atoms with Crippen LogP contribution >= 0.6 is 0 Å². The van der Waals surface area contributed by atoms with E-state index in [0.717, 1.165) is 28.3 Å². The van der Waals surface area contributed by atoms with Crippen molar-refractivity contribution in [2.45, 2.75) is 13.8 Å². The fourth-order valence-electron chi connectivity index (χ4n) is 1.93. The molecule has 4 heteroatoms. The molecule has 0 N–H and O–H groups in total. The summed E-state index contributed by atoms with van der Waals surface area (Å²) >= 11 is 0. The molecule has 0 atom stereocenters. The van der Waals surface area contributed by atoms with E-state index in [1.54, 1.807) is 4.57 Å². The Labute approximate surface area is 98.5 Å². The Balaban J connectivity index is 2.32. The molecule has 2 aromatic heterocycles. The number of nitrogens with zero attached hydrogens (tertiary/aromatic N) is 3. The molecule has 17 heavy (non-hydrogen) atoms. The van der Waals surface area contributed by atoms with Crippen LogP contribution in [0.15, 0.2) is 41.0 Å². The van der Waals surface area contributed by atoms with Crippen molar-refractivity contribution in [2.75, 3.05) is 0 Å². The molecular weight excluding hydrogens is 214 g/mol. The lowest BCUT2D eigenvalue weighted by Gasteiger charge is -1.92. The second-order valence-corrected chi connectivity index (χ2v) is 4.04. The van der Waals surface area contributed by atoms with Crippen LogP contribution in [0.4, 0.5) is 0 Å². The molecule has 84 valence electrons. The Morgan fingerprint density at radius 3 is 2.65 bits per heavy atom. The summed E-state index contributed by atoms with van der Waals surface area (Å²) in [4.78, 5) is 4.48. The van der Waals surface area contributed by atoms with Crippen LogP contribution in [0.1, 0.15) is 11.4 Å². The van der Waals surface area contributed by atoms with E-state index in [2.05, 4.69) is 10.1 Å². The van der Waals surface area contributed by atoms with Gasteiger partial charge in [0.2, 0.25) is 0 Å². The highest BCUT2D eigenvalue weighted by Gasteiger charge is 2.21. The summed E-state index contributed by atoms with van der Waals surface area (Å²) < 4.78 is 6.94. The molecule has 0 aliphatic heterocycles. The molecule has 0 aliphatic rings. The molecule has 0 amide bonds. The van der Waals surface area contributed by atoms with Gasteiger partial charge >= 0.3 is 5.65 Å². The fraction of sp³-hybridized carbons (Fsp3) is 0.154. The zero-order valence-corrected chi connectivity index (χ0v) is 9.71. The summed E-state index contributed by atoms with van der Waals surface area (Å²) in [6.07, 6.45) is 0. The average molecular weight is 226 g/mol. The lowest BCUT2D eigenvalue weighted by atomic mass is 10.1. The van der Waals surface area contributed by atoms with Gasteiger partial charge < -0.3 is 0 Å². The Morgan fingerprint density at radius 1 is 1.12 bits per heavy atom. The Bertz CT molecular complexity index is 674. The molecule has 0 saturated heterocycles. The van der Waals surface area contributed by atoms with E-state index in [1.165, 1.54) is 0 Å². The van der Waals surface area contributed by atoms with Crippen molar-refractivity contribution >= 4 is 5.65 Å². The summed E-state index contributed by atoms with van der Waals surface area (Å²) in [5.41, 5.74) is 4.49. The van der Waals surface area contributed by atoms with Crippen LogP contribution in [0.2, 0.25) is 0 Å². The minimum atomic E-state index is 0.758. The van der Waals surface area contributed by atoms with Crippen LogP contribution < -0.4 is 4.57 Å². The average Bonchev–Trinajstić information content (AvgIpc) is 2.74.